The first-order valence-electron chi connectivity index (χ1n) is 4.91. The summed E-state index contributed by atoms with van der Waals surface area (Å²) in [5, 5.41) is 3.10. The van der Waals surface area contributed by atoms with Crippen LogP contribution in [0, 0.1) is 0 Å². The van der Waals surface area contributed by atoms with Crippen LogP contribution in [0.4, 0.5) is 5.69 Å². The van der Waals surface area contributed by atoms with E-state index in [1.54, 1.807) is 23.7 Å². The maximum atomic E-state index is 12.0. The normalized spacial score (nSPS) is 10.4. The highest BCUT2D eigenvalue weighted by Crippen LogP contribution is 2.23. The van der Waals surface area contributed by atoms with Crippen LogP contribution in [0.1, 0.15) is 10.5 Å². The number of nitrogens with zero attached hydrogens (tertiary/aromatic N) is 2. The van der Waals surface area contributed by atoms with Gasteiger partial charge in [-0.05, 0) is 44.0 Å². The summed E-state index contributed by atoms with van der Waals surface area (Å²) < 4.78 is 3.22. The van der Waals surface area contributed by atoms with E-state index in [-0.39, 0.29) is 5.91 Å². The van der Waals surface area contributed by atoms with E-state index in [9.17, 15) is 4.79 Å². The Hall–Kier alpha value is -0.850. The Morgan fingerprint density at radius 2 is 2.17 bits per heavy atom. The van der Waals surface area contributed by atoms with E-state index >= 15 is 0 Å². The van der Waals surface area contributed by atoms with Gasteiger partial charge in [0.25, 0.3) is 5.91 Å². The average molecular weight is 393 g/mol. The van der Waals surface area contributed by atoms with E-state index in [1.165, 1.54) is 6.20 Å². The lowest BCUT2D eigenvalue weighted by molar-refractivity contribution is 0.101. The lowest BCUT2D eigenvalue weighted by Crippen LogP contribution is -2.15. The van der Waals surface area contributed by atoms with Crippen molar-refractivity contribution in [3.8, 4) is 0 Å². The van der Waals surface area contributed by atoms with Gasteiger partial charge in [0, 0.05) is 17.7 Å². The molecule has 0 bridgehead atoms. The molecule has 0 saturated heterocycles. The monoisotopic (exact) mass is 391 g/mol. The molecule has 0 aliphatic carbocycles. The van der Waals surface area contributed by atoms with Gasteiger partial charge in [-0.15, -0.1) is 0 Å². The third-order valence-corrected chi connectivity index (χ3v) is 3.83. The van der Waals surface area contributed by atoms with Crippen LogP contribution in [0.25, 0.3) is 0 Å². The van der Waals surface area contributed by atoms with Gasteiger partial charge in [-0.3, -0.25) is 4.79 Å². The van der Waals surface area contributed by atoms with Gasteiger partial charge in [-0.25, -0.2) is 4.98 Å². The Morgan fingerprint density at radius 3 is 2.72 bits per heavy atom. The summed E-state index contributed by atoms with van der Waals surface area (Å²) in [4.78, 5) is 16.0. The highest BCUT2D eigenvalue weighted by Gasteiger charge is 2.12. The van der Waals surface area contributed by atoms with Gasteiger partial charge < -0.3 is 9.88 Å². The summed E-state index contributed by atoms with van der Waals surface area (Å²) >= 11 is 12.4. The van der Waals surface area contributed by atoms with Crippen molar-refractivity contribution in [3.05, 3.63) is 44.3 Å². The number of rotatable bonds is 2. The molecule has 7 heteroatoms. The molecule has 0 radical (unpaired) electrons. The number of nitrogens with one attached hydrogen (secondary N) is 1. The van der Waals surface area contributed by atoms with E-state index in [1.807, 2.05) is 6.20 Å². The molecule has 0 aromatic carbocycles. The molecule has 2 heterocycles. The first-order valence-corrected chi connectivity index (χ1v) is 6.88. The Balaban J connectivity index is 2.21. The van der Waals surface area contributed by atoms with Gasteiger partial charge in [0.05, 0.1) is 16.4 Å². The second-order valence-electron chi connectivity index (χ2n) is 3.61. The Labute approximate surface area is 126 Å². The van der Waals surface area contributed by atoms with Crippen LogP contribution in [-0.4, -0.2) is 15.5 Å². The van der Waals surface area contributed by atoms with Gasteiger partial charge in [0.15, 0.2) is 0 Å². The molecule has 0 aliphatic heterocycles. The summed E-state index contributed by atoms with van der Waals surface area (Å²) in [6.07, 6.45) is 3.31. The molecule has 0 fully saturated rings. The van der Waals surface area contributed by atoms with Crippen molar-refractivity contribution in [2.45, 2.75) is 0 Å². The molecule has 0 atom stereocenters. The SMILES string of the molecule is Cn1cc(Br)cc1C(=O)Nc1cnc(Cl)c(Br)c1. The van der Waals surface area contributed by atoms with Crippen LogP contribution in [0.15, 0.2) is 33.5 Å². The van der Waals surface area contributed by atoms with Crippen molar-refractivity contribution in [2.24, 2.45) is 7.05 Å². The van der Waals surface area contributed by atoms with Crippen molar-refractivity contribution in [1.29, 1.82) is 0 Å². The maximum Gasteiger partial charge on any atom is 0.272 e. The molecular weight excluding hydrogens is 385 g/mol. The van der Waals surface area contributed by atoms with Gasteiger partial charge in [-0.1, -0.05) is 11.6 Å². The number of halogens is 3. The average Bonchev–Trinajstić information content (AvgIpc) is 2.63. The van der Waals surface area contributed by atoms with Crippen LogP contribution in [0.3, 0.4) is 0 Å². The fourth-order valence-corrected chi connectivity index (χ4v) is 2.41. The highest BCUT2D eigenvalue weighted by atomic mass is 79.9. The van der Waals surface area contributed by atoms with Gasteiger partial charge in [0.2, 0.25) is 0 Å². The molecule has 0 saturated carbocycles. The first kappa shape index (κ1) is 13.6. The van der Waals surface area contributed by atoms with Gasteiger partial charge >= 0.3 is 0 Å². The Kier molecular flexibility index (Phi) is 4.09. The molecule has 1 N–H and O–H groups in total. The molecule has 2 aromatic heterocycles. The number of carbonyl (C=O) groups excluding carboxylic acids is 1. The van der Waals surface area contributed by atoms with E-state index < -0.39 is 0 Å². The maximum absolute atomic E-state index is 12.0. The highest BCUT2D eigenvalue weighted by molar-refractivity contribution is 9.10. The zero-order valence-electron chi connectivity index (χ0n) is 9.25. The summed E-state index contributed by atoms with van der Waals surface area (Å²) in [6, 6.07) is 3.44. The number of hydrogen-bond acceptors (Lipinski definition) is 2. The minimum absolute atomic E-state index is 0.209. The minimum Gasteiger partial charge on any atom is -0.345 e. The predicted molar refractivity (Wildman–Crippen MR) is 78.0 cm³/mol. The van der Waals surface area contributed by atoms with Crippen molar-refractivity contribution in [1.82, 2.24) is 9.55 Å². The smallest absolute Gasteiger partial charge is 0.272 e. The lowest BCUT2D eigenvalue weighted by Gasteiger charge is -2.06. The van der Waals surface area contributed by atoms with Crippen molar-refractivity contribution in [2.75, 3.05) is 5.32 Å². The Morgan fingerprint density at radius 1 is 1.44 bits per heavy atom. The quantitative estimate of drug-likeness (QED) is 0.788. The van der Waals surface area contributed by atoms with Crippen LogP contribution >= 0.6 is 43.5 Å². The topological polar surface area (TPSA) is 46.9 Å². The number of anilines is 1. The molecule has 2 aromatic rings. The third kappa shape index (κ3) is 2.93. The fraction of sp³-hybridized carbons (Fsp3) is 0.0909. The summed E-state index contributed by atoms with van der Waals surface area (Å²) in [5.41, 5.74) is 1.13. The second kappa shape index (κ2) is 5.42. The Bertz CT molecular complexity index is 612. The zero-order chi connectivity index (χ0) is 13.3. The molecule has 0 aliphatic rings. The van der Waals surface area contributed by atoms with Crippen molar-refractivity contribution < 1.29 is 4.79 Å². The number of carbonyl (C=O) groups is 1. The van der Waals surface area contributed by atoms with Crippen LogP contribution in [-0.2, 0) is 7.05 Å². The van der Waals surface area contributed by atoms with Crippen molar-refractivity contribution >= 4 is 55.1 Å². The van der Waals surface area contributed by atoms with Crippen LogP contribution in [0.2, 0.25) is 5.15 Å². The standard InChI is InChI=1S/C11H8Br2ClN3O/c1-17-5-6(12)2-9(17)11(18)16-7-3-8(13)10(14)15-4-7/h2-5H,1H3,(H,16,18). The van der Waals surface area contributed by atoms with Crippen molar-refractivity contribution in [3.63, 3.8) is 0 Å². The molecule has 0 spiro atoms. The van der Waals surface area contributed by atoms with E-state index in [0.29, 0.717) is 21.0 Å². The number of aryl methyl sites for hydroxylation is 1. The van der Waals surface area contributed by atoms with Gasteiger partial charge in [0.1, 0.15) is 10.8 Å². The predicted octanol–water partition coefficient (Wildman–Crippen LogP) is 3.85. The molecule has 18 heavy (non-hydrogen) atoms. The number of pyridine rings is 1. The van der Waals surface area contributed by atoms with Crippen LogP contribution in [0.5, 0.6) is 0 Å². The summed E-state index contributed by atoms with van der Waals surface area (Å²) in [5.74, 6) is -0.209. The summed E-state index contributed by atoms with van der Waals surface area (Å²) in [6.45, 7) is 0. The zero-order valence-corrected chi connectivity index (χ0v) is 13.2. The number of amides is 1. The molecule has 0 unspecified atom stereocenters. The van der Waals surface area contributed by atoms with E-state index in [4.69, 9.17) is 11.6 Å². The molecule has 1 amide bonds. The van der Waals surface area contributed by atoms with Crippen LogP contribution < -0.4 is 5.32 Å². The summed E-state index contributed by atoms with van der Waals surface area (Å²) in [7, 11) is 1.80. The largest absolute Gasteiger partial charge is 0.345 e. The van der Waals surface area contributed by atoms with E-state index in [2.05, 4.69) is 42.2 Å². The second-order valence-corrected chi connectivity index (χ2v) is 5.73. The third-order valence-electron chi connectivity index (χ3n) is 2.26. The molecule has 94 valence electrons. The minimum atomic E-state index is -0.209. The fourth-order valence-electron chi connectivity index (χ4n) is 1.43. The molecular formula is C11H8Br2ClN3O. The molecule has 4 nitrogen and oxygen atoms in total. The molecule has 2 rings (SSSR count). The first-order chi connectivity index (χ1) is 8.47. The number of hydrogen-bond donors (Lipinski definition) is 1. The van der Waals surface area contributed by atoms with E-state index in [0.717, 1.165) is 4.47 Å². The number of aromatic nitrogens is 2. The van der Waals surface area contributed by atoms with Gasteiger partial charge in [-0.2, -0.15) is 0 Å². The lowest BCUT2D eigenvalue weighted by atomic mass is 10.3.